The number of carbonyl (C=O) groups is 1. The van der Waals surface area contributed by atoms with Gasteiger partial charge in [0.25, 0.3) is 0 Å². The molecule has 1 heterocycles. The number of ether oxygens (including phenoxy) is 2. The average Bonchev–Trinajstić information content (AvgIpc) is 3.26. The second-order valence-corrected chi connectivity index (χ2v) is 6.76. The Kier molecular flexibility index (Phi) is 5.66. The molecule has 0 saturated carbocycles. The van der Waals surface area contributed by atoms with Crippen molar-refractivity contribution in [2.75, 3.05) is 19.5 Å². The summed E-state index contributed by atoms with van der Waals surface area (Å²) in [7, 11) is 3.19. The standard InChI is InChI=1S/C24H22N2O4/c1-28-17-10-11-19(21(14-17)29-2)22-15-25-24(30-22)13-12-23(27)26-20-9-5-7-16-6-3-4-8-18(16)20/h3-11,14-15H,12-13H2,1-2H3,(H,26,27). The molecular weight excluding hydrogens is 380 g/mol. The molecule has 3 aromatic carbocycles. The quantitative estimate of drug-likeness (QED) is 0.466. The number of rotatable bonds is 7. The number of aromatic nitrogens is 1. The van der Waals surface area contributed by atoms with Crippen LogP contribution in [-0.2, 0) is 11.2 Å². The summed E-state index contributed by atoms with van der Waals surface area (Å²) >= 11 is 0. The summed E-state index contributed by atoms with van der Waals surface area (Å²) in [6.45, 7) is 0. The van der Waals surface area contributed by atoms with E-state index in [1.807, 2.05) is 54.6 Å². The predicted molar refractivity (Wildman–Crippen MR) is 116 cm³/mol. The van der Waals surface area contributed by atoms with E-state index in [0.29, 0.717) is 29.6 Å². The zero-order chi connectivity index (χ0) is 20.9. The lowest BCUT2D eigenvalue weighted by Gasteiger charge is -2.08. The first-order valence-corrected chi connectivity index (χ1v) is 9.62. The second kappa shape index (κ2) is 8.69. The zero-order valence-electron chi connectivity index (χ0n) is 16.8. The lowest BCUT2D eigenvalue weighted by atomic mass is 10.1. The first-order chi connectivity index (χ1) is 14.7. The smallest absolute Gasteiger partial charge is 0.224 e. The van der Waals surface area contributed by atoms with Gasteiger partial charge in [-0.25, -0.2) is 4.98 Å². The van der Waals surface area contributed by atoms with E-state index < -0.39 is 0 Å². The van der Waals surface area contributed by atoms with Crippen LogP contribution in [0.4, 0.5) is 5.69 Å². The molecule has 1 N–H and O–H groups in total. The van der Waals surface area contributed by atoms with Crippen LogP contribution >= 0.6 is 0 Å². The molecule has 0 aliphatic heterocycles. The third-order valence-electron chi connectivity index (χ3n) is 4.86. The molecule has 6 heteroatoms. The van der Waals surface area contributed by atoms with Crippen LogP contribution in [0.5, 0.6) is 11.5 Å². The Balaban J connectivity index is 1.43. The molecule has 0 bridgehead atoms. The minimum Gasteiger partial charge on any atom is -0.497 e. The number of aryl methyl sites for hydroxylation is 1. The van der Waals surface area contributed by atoms with Crippen molar-refractivity contribution in [1.29, 1.82) is 0 Å². The molecule has 1 amide bonds. The first-order valence-electron chi connectivity index (χ1n) is 9.62. The fraction of sp³-hybridized carbons (Fsp3) is 0.167. The van der Waals surface area contributed by atoms with Crippen molar-refractivity contribution in [1.82, 2.24) is 4.98 Å². The highest BCUT2D eigenvalue weighted by molar-refractivity contribution is 6.02. The molecule has 30 heavy (non-hydrogen) atoms. The molecule has 0 saturated heterocycles. The van der Waals surface area contributed by atoms with E-state index in [0.717, 1.165) is 22.0 Å². The lowest BCUT2D eigenvalue weighted by molar-refractivity contribution is -0.116. The van der Waals surface area contributed by atoms with Crippen LogP contribution in [0.2, 0.25) is 0 Å². The Bertz CT molecular complexity index is 1180. The van der Waals surface area contributed by atoms with Crippen LogP contribution in [0.25, 0.3) is 22.1 Å². The van der Waals surface area contributed by atoms with Gasteiger partial charge in [0, 0.05) is 30.0 Å². The molecule has 0 radical (unpaired) electrons. The second-order valence-electron chi connectivity index (χ2n) is 6.76. The van der Waals surface area contributed by atoms with E-state index >= 15 is 0 Å². The molecule has 0 fully saturated rings. The van der Waals surface area contributed by atoms with E-state index in [4.69, 9.17) is 13.9 Å². The Morgan fingerprint density at radius 3 is 2.70 bits per heavy atom. The van der Waals surface area contributed by atoms with Crippen LogP contribution in [0.3, 0.4) is 0 Å². The minimum absolute atomic E-state index is 0.0897. The van der Waals surface area contributed by atoms with Gasteiger partial charge in [-0.15, -0.1) is 0 Å². The van der Waals surface area contributed by atoms with Gasteiger partial charge >= 0.3 is 0 Å². The third-order valence-corrected chi connectivity index (χ3v) is 4.86. The molecule has 6 nitrogen and oxygen atoms in total. The third kappa shape index (κ3) is 4.12. The van der Waals surface area contributed by atoms with E-state index in [1.165, 1.54) is 0 Å². The summed E-state index contributed by atoms with van der Waals surface area (Å²) in [6.07, 6.45) is 2.31. The van der Waals surface area contributed by atoms with Crippen molar-refractivity contribution in [2.24, 2.45) is 0 Å². The van der Waals surface area contributed by atoms with Gasteiger partial charge in [0.15, 0.2) is 11.7 Å². The van der Waals surface area contributed by atoms with Crippen molar-refractivity contribution in [3.05, 3.63) is 72.8 Å². The van der Waals surface area contributed by atoms with Gasteiger partial charge in [-0.3, -0.25) is 4.79 Å². The molecule has 0 unspecified atom stereocenters. The fourth-order valence-corrected chi connectivity index (χ4v) is 3.32. The highest BCUT2D eigenvalue weighted by Crippen LogP contribution is 2.33. The minimum atomic E-state index is -0.0897. The molecular formula is C24H22N2O4. The predicted octanol–water partition coefficient (Wildman–Crippen LogP) is 5.08. The van der Waals surface area contributed by atoms with E-state index in [2.05, 4.69) is 10.3 Å². The van der Waals surface area contributed by atoms with Crippen LogP contribution in [0, 0.1) is 0 Å². The molecule has 0 aliphatic carbocycles. The van der Waals surface area contributed by atoms with E-state index in [9.17, 15) is 4.79 Å². The van der Waals surface area contributed by atoms with Gasteiger partial charge in [-0.1, -0.05) is 36.4 Å². The number of nitrogens with zero attached hydrogens (tertiary/aromatic N) is 1. The fourth-order valence-electron chi connectivity index (χ4n) is 3.32. The molecule has 4 rings (SSSR count). The molecule has 0 atom stereocenters. The summed E-state index contributed by atoms with van der Waals surface area (Å²) in [4.78, 5) is 16.8. The average molecular weight is 402 g/mol. The maximum atomic E-state index is 12.5. The number of fused-ring (bicyclic) bond motifs is 1. The van der Waals surface area contributed by atoms with Crippen molar-refractivity contribution < 1.29 is 18.7 Å². The lowest BCUT2D eigenvalue weighted by Crippen LogP contribution is -2.12. The Labute approximate surface area is 174 Å². The van der Waals surface area contributed by atoms with Crippen LogP contribution < -0.4 is 14.8 Å². The van der Waals surface area contributed by atoms with Gasteiger partial charge in [-0.05, 0) is 23.6 Å². The molecule has 1 aromatic heterocycles. The monoisotopic (exact) mass is 402 g/mol. The van der Waals surface area contributed by atoms with Crippen molar-refractivity contribution in [3.8, 4) is 22.8 Å². The number of amides is 1. The van der Waals surface area contributed by atoms with Crippen LogP contribution in [0.15, 0.2) is 71.3 Å². The van der Waals surface area contributed by atoms with Crippen molar-refractivity contribution >= 4 is 22.4 Å². The number of carbonyl (C=O) groups excluding carboxylic acids is 1. The Hall–Kier alpha value is -3.80. The maximum absolute atomic E-state index is 12.5. The maximum Gasteiger partial charge on any atom is 0.224 e. The summed E-state index contributed by atoms with van der Waals surface area (Å²) < 4.78 is 16.5. The normalized spacial score (nSPS) is 10.7. The van der Waals surface area contributed by atoms with Crippen LogP contribution in [0.1, 0.15) is 12.3 Å². The number of methoxy groups -OCH3 is 2. The van der Waals surface area contributed by atoms with E-state index in [1.54, 1.807) is 26.5 Å². The molecule has 152 valence electrons. The Morgan fingerprint density at radius 1 is 1.03 bits per heavy atom. The van der Waals surface area contributed by atoms with Crippen molar-refractivity contribution in [2.45, 2.75) is 12.8 Å². The Morgan fingerprint density at radius 2 is 1.87 bits per heavy atom. The SMILES string of the molecule is COc1ccc(-c2cnc(CCC(=O)Nc3cccc4ccccc34)o2)c(OC)c1. The van der Waals surface area contributed by atoms with Gasteiger partial charge in [0.05, 0.1) is 26.0 Å². The van der Waals surface area contributed by atoms with Gasteiger partial charge < -0.3 is 19.2 Å². The van der Waals surface area contributed by atoms with Gasteiger partial charge in [0.1, 0.15) is 11.5 Å². The first kappa shape index (κ1) is 19.5. The number of anilines is 1. The van der Waals surface area contributed by atoms with Gasteiger partial charge in [0.2, 0.25) is 5.91 Å². The summed E-state index contributed by atoms with van der Waals surface area (Å²) in [6, 6.07) is 19.3. The highest BCUT2D eigenvalue weighted by Gasteiger charge is 2.14. The number of oxazole rings is 1. The number of hydrogen-bond acceptors (Lipinski definition) is 5. The number of benzene rings is 3. The molecule has 0 aliphatic rings. The van der Waals surface area contributed by atoms with Crippen LogP contribution in [-0.4, -0.2) is 25.1 Å². The zero-order valence-corrected chi connectivity index (χ0v) is 16.8. The highest BCUT2D eigenvalue weighted by atomic mass is 16.5. The van der Waals surface area contributed by atoms with Gasteiger partial charge in [-0.2, -0.15) is 0 Å². The number of nitrogens with one attached hydrogen (secondary N) is 1. The topological polar surface area (TPSA) is 73.6 Å². The largest absolute Gasteiger partial charge is 0.497 e. The van der Waals surface area contributed by atoms with E-state index in [-0.39, 0.29) is 12.3 Å². The molecule has 0 spiro atoms. The van der Waals surface area contributed by atoms with Crippen molar-refractivity contribution in [3.63, 3.8) is 0 Å². The number of hydrogen-bond donors (Lipinski definition) is 1. The summed E-state index contributed by atoms with van der Waals surface area (Å²) in [5.41, 5.74) is 1.58. The summed E-state index contributed by atoms with van der Waals surface area (Å²) in [5.74, 6) is 2.31. The molecule has 4 aromatic rings. The summed E-state index contributed by atoms with van der Waals surface area (Å²) in [5, 5.41) is 5.08.